The van der Waals surface area contributed by atoms with Crippen LogP contribution in [-0.4, -0.2) is 48.6 Å². The van der Waals surface area contributed by atoms with Gasteiger partial charge >= 0.3 is 5.76 Å². The number of anilines is 1. The summed E-state index contributed by atoms with van der Waals surface area (Å²) in [6, 6.07) is 12.7. The number of benzene rings is 2. The number of piperazine rings is 1. The zero-order valence-corrected chi connectivity index (χ0v) is 15.2. The number of hydrogen-bond donors (Lipinski definition) is 1. The Morgan fingerprint density at radius 1 is 1.11 bits per heavy atom. The molecule has 0 aliphatic carbocycles. The van der Waals surface area contributed by atoms with E-state index >= 15 is 0 Å². The van der Waals surface area contributed by atoms with Crippen LogP contribution in [-0.2, 0) is 4.79 Å². The van der Waals surface area contributed by atoms with E-state index in [0.29, 0.717) is 35.0 Å². The predicted octanol–water partition coefficient (Wildman–Crippen LogP) is 2.50. The molecule has 1 aliphatic heterocycles. The van der Waals surface area contributed by atoms with E-state index in [-0.39, 0.29) is 12.5 Å². The Morgan fingerprint density at radius 2 is 1.85 bits per heavy atom. The van der Waals surface area contributed by atoms with E-state index in [1.807, 2.05) is 24.3 Å². The van der Waals surface area contributed by atoms with Crippen LogP contribution in [0.5, 0.6) is 5.75 Å². The third kappa shape index (κ3) is 3.93. The zero-order valence-electron chi connectivity index (χ0n) is 14.5. The van der Waals surface area contributed by atoms with Crippen LogP contribution in [0.2, 0.25) is 5.02 Å². The summed E-state index contributed by atoms with van der Waals surface area (Å²) in [4.78, 5) is 30.2. The van der Waals surface area contributed by atoms with Gasteiger partial charge in [-0.15, -0.1) is 0 Å². The first kappa shape index (κ1) is 17.5. The molecule has 7 nitrogen and oxygen atoms in total. The second-order valence-corrected chi connectivity index (χ2v) is 6.74. The van der Waals surface area contributed by atoms with Gasteiger partial charge in [-0.05, 0) is 36.4 Å². The number of ether oxygens (including phenoxy) is 1. The van der Waals surface area contributed by atoms with E-state index in [1.54, 1.807) is 23.1 Å². The van der Waals surface area contributed by atoms with Crippen LogP contribution >= 0.6 is 11.6 Å². The Bertz CT molecular complexity index is 1000. The maximum absolute atomic E-state index is 12.4. The van der Waals surface area contributed by atoms with E-state index in [4.69, 9.17) is 20.8 Å². The number of hydrogen-bond acceptors (Lipinski definition) is 5. The molecule has 1 fully saturated rings. The minimum atomic E-state index is -0.517. The van der Waals surface area contributed by atoms with E-state index in [2.05, 4.69) is 9.88 Å². The first-order chi connectivity index (χ1) is 13.1. The fourth-order valence-electron chi connectivity index (χ4n) is 3.12. The van der Waals surface area contributed by atoms with Gasteiger partial charge in [0, 0.05) is 43.0 Å². The fourth-order valence-corrected chi connectivity index (χ4v) is 3.24. The maximum Gasteiger partial charge on any atom is 0.417 e. The fraction of sp³-hybridized carbons (Fsp3) is 0.263. The van der Waals surface area contributed by atoms with Gasteiger partial charge in [-0.25, -0.2) is 4.79 Å². The third-order valence-corrected chi connectivity index (χ3v) is 4.83. The summed E-state index contributed by atoms with van der Waals surface area (Å²) in [5.41, 5.74) is 2.10. The number of oxazole rings is 1. The largest absolute Gasteiger partial charge is 0.484 e. The molecule has 0 unspecified atom stereocenters. The van der Waals surface area contributed by atoms with Crippen LogP contribution in [0.25, 0.3) is 11.1 Å². The molecule has 0 saturated carbocycles. The maximum atomic E-state index is 12.4. The second kappa shape index (κ2) is 7.36. The highest BCUT2D eigenvalue weighted by atomic mass is 35.5. The van der Waals surface area contributed by atoms with Crippen molar-refractivity contribution in [3.63, 3.8) is 0 Å². The highest BCUT2D eigenvalue weighted by Crippen LogP contribution is 2.20. The Balaban J connectivity index is 1.31. The minimum absolute atomic E-state index is 0.0545. The topological polar surface area (TPSA) is 78.8 Å². The highest BCUT2D eigenvalue weighted by Gasteiger charge is 2.21. The van der Waals surface area contributed by atoms with Crippen LogP contribution in [0.1, 0.15) is 0 Å². The Kier molecular flexibility index (Phi) is 4.77. The number of fused-ring (bicyclic) bond motifs is 1. The molecule has 8 heteroatoms. The summed E-state index contributed by atoms with van der Waals surface area (Å²) >= 11 is 5.93. The molecule has 140 valence electrons. The Hall–Kier alpha value is -2.93. The van der Waals surface area contributed by atoms with Crippen molar-refractivity contribution >= 4 is 34.3 Å². The molecule has 1 saturated heterocycles. The van der Waals surface area contributed by atoms with Crippen molar-refractivity contribution in [1.29, 1.82) is 0 Å². The molecule has 2 heterocycles. The number of nitrogens with one attached hydrogen (secondary N) is 1. The van der Waals surface area contributed by atoms with Crippen molar-refractivity contribution in [3.05, 3.63) is 58.0 Å². The lowest BCUT2D eigenvalue weighted by Crippen LogP contribution is -2.50. The molecule has 4 rings (SSSR count). The first-order valence-electron chi connectivity index (χ1n) is 8.62. The molecule has 2 aromatic carbocycles. The van der Waals surface area contributed by atoms with Crippen LogP contribution in [0.3, 0.4) is 0 Å². The van der Waals surface area contributed by atoms with Gasteiger partial charge in [-0.1, -0.05) is 11.6 Å². The summed E-state index contributed by atoms with van der Waals surface area (Å²) in [5.74, 6) is -0.100. The number of halogens is 1. The number of rotatable bonds is 4. The first-order valence-corrected chi connectivity index (χ1v) is 9.00. The van der Waals surface area contributed by atoms with Gasteiger partial charge in [-0.2, -0.15) is 0 Å². The smallest absolute Gasteiger partial charge is 0.417 e. The van der Waals surface area contributed by atoms with Gasteiger partial charge in [0.25, 0.3) is 5.91 Å². The summed E-state index contributed by atoms with van der Waals surface area (Å²) in [5, 5.41) is 0.710. The average Bonchev–Trinajstić information content (AvgIpc) is 3.06. The van der Waals surface area contributed by atoms with Crippen LogP contribution in [0.15, 0.2) is 51.7 Å². The molecule has 1 aliphatic rings. The van der Waals surface area contributed by atoms with Gasteiger partial charge in [0.05, 0.1) is 5.52 Å². The number of nitrogens with zero attached hydrogens (tertiary/aromatic N) is 2. The van der Waals surface area contributed by atoms with Crippen LogP contribution in [0, 0.1) is 0 Å². The van der Waals surface area contributed by atoms with Crippen molar-refractivity contribution < 1.29 is 13.9 Å². The summed E-state index contributed by atoms with van der Waals surface area (Å²) in [6.07, 6.45) is 0. The van der Waals surface area contributed by atoms with Gasteiger partial charge in [0.2, 0.25) is 0 Å². The standard InChI is InChI=1S/C19H18ClN3O4/c20-13-1-3-14(4-2-13)22-7-9-23(10-8-22)18(24)12-26-15-5-6-16-17(11-15)27-19(25)21-16/h1-6,11H,7-10,12H2,(H,21,25). The highest BCUT2D eigenvalue weighted by molar-refractivity contribution is 6.30. The third-order valence-electron chi connectivity index (χ3n) is 4.58. The van der Waals surface area contributed by atoms with Crippen molar-refractivity contribution in [2.45, 2.75) is 0 Å². The van der Waals surface area contributed by atoms with Crippen LogP contribution < -0.4 is 15.4 Å². The molecular formula is C19H18ClN3O4. The van der Waals surface area contributed by atoms with Crippen molar-refractivity contribution in [1.82, 2.24) is 9.88 Å². The van der Waals surface area contributed by atoms with Gasteiger partial charge in [-0.3, -0.25) is 9.78 Å². The van der Waals surface area contributed by atoms with E-state index in [0.717, 1.165) is 18.8 Å². The SMILES string of the molecule is O=C(COc1ccc2[nH]c(=O)oc2c1)N1CCN(c2ccc(Cl)cc2)CC1. The van der Waals surface area contributed by atoms with Gasteiger partial charge in [0.1, 0.15) is 5.75 Å². The monoisotopic (exact) mass is 387 g/mol. The van der Waals surface area contributed by atoms with Crippen molar-refractivity contribution in [2.24, 2.45) is 0 Å². The van der Waals surface area contributed by atoms with E-state index in [1.165, 1.54) is 0 Å². The Morgan fingerprint density at radius 3 is 2.59 bits per heavy atom. The molecule has 1 N–H and O–H groups in total. The number of carbonyl (C=O) groups is 1. The quantitative estimate of drug-likeness (QED) is 0.744. The minimum Gasteiger partial charge on any atom is -0.484 e. The molecular weight excluding hydrogens is 370 g/mol. The van der Waals surface area contributed by atoms with E-state index < -0.39 is 5.76 Å². The number of aromatic amines is 1. The summed E-state index contributed by atoms with van der Waals surface area (Å²) < 4.78 is 10.6. The lowest BCUT2D eigenvalue weighted by Gasteiger charge is -2.36. The molecule has 1 aromatic heterocycles. The molecule has 1 amide bonds. The number of amides is 1. The molecule has 0 atom stereocenters. The molecule has 3 aromatic rings. The normalized spacial score (nSPS) is 14.6. The number of aromatic nitrogens is 1. The lowest BCUT2D eigenvalue weighted by molar-refractivity contribution is -0.133. The average molecular weight is 388 g/mol. The van der Waals surface area contributed by atoms with Crippen molar-refractivity contribution in [2.75, 3.05) is 37.7 Å². The number of carbonyl (C=O) groups excluding carboxylic acids is 1. The van der Waals surface area contributed by atoms with Crippen LogP contribution in [0.4, 0.5) is 5.69 Å². The predicted molar refractivity (Wildman–Crippen MR) is 103 cm³/mol. The Labute approximate surface area is 160 Å². The molecule has 27 heavy (non-hydrogen) atoms. The van der Waals surface area contributed by atoms with Gasteiger partial charge in [0.15, 0.2) is 12.2 Å². The number of H-pyrrole nitrogens is 1. The second-order valence-electron chi connectivity index (χ2n) is 6.31. The zero-order chi connectivity index (χ0) is 18.8. The molecule has 0 radical (unpaired) electrons. The molecule has 0 bridgehead atoms. The molecule has 0 spiro atoms. The van der Waals surface area contributed by atoms with Gasteiger partial charge < -0.3 is 19.0 Å². The summed E-state index contributed by atoms with van der Waals surface area (Å²) in [7, 11) is 0. The lowest BCUT2D eigenvalue weighted by atomic mass is 10.2. The van der Waals surface area contributed by atoms with E-state index in [9.17, 15) is 9.59 Å². The van der Waals surface area contributed by atoms with Crippen molar-refractivity contribution in [3.8, 4) is 5.75 Å². The summed E-state index contributed by atoms with van der Waals surface area (Å²) in [6.45, 7) is 2.73.